The Bertz CT molecular complexity index is 1520. The fourth-order valence-electron chi connectivity index (χ4n) is 2.91. The van der Waals surface area contributed by atoms with Gasteiger partial charge >= 0.3 is 0 Å². The molecule has 12 nitrogen and oxygen atoms in total. The van der Waals surface area contributed by atoms with Crippen LogP contribution in [0.15, 0.2) is 62.5 Å². The van der Waals surface area contributed by atoms with Crippen molar-refractivity contribution in [3.63, 3.8) is 0 Å². The van der Waals surface area contributed by atoms with Crippen LogP contribution in [0, 0.1) is 0 Å². The first-order valence-electron chi connectivity index (χ1n) is 9.17. The predicted molar refractivity (Wildman–Crippen MR) is 119 cm³/mol. The average molecular weight is 495 g/mol. The van der Waals surface area contributed by atoms with Gasteiger partial charge in [-0.3, -0.25) is 13.9 Å². The van der Waals surface area contributed by atoms with E-state index in [1.807, 2.05) is 0 Å². The second kappa shape index (κ2) is 8.74. The van der Waals surface area contributed by atoms with Gasteiger partial charge in [-0.05, 0) is 35.7 Å². The number of nitrogen functional groups attached to an aromatic ring is 1. The zero-order chi connectivity index (χ0) is 24.6. The summed E-state index contributed by atoms with van der Waals surface area (Å²) < 4.78 is 65.3. The summed E-state index contributed by atoms with van der Waals surface area (Å²) in [6.45, 7) is 1.60. The molecule has 0 unspecified atom stereocenters. The van der Waals surface area contributed by atoms with Gasteiger partial charge in [-0.1, -0.05) is 13.0 Å². The van der Waals surface area contributed by atoms with Crippen LogP contribution >= 0.6 is 0 Å². The molecule has 0 aliphatic rings. The average Bonchev–Trinajstić information content (AvgIpc) is 2.72. The molecule has 0 saturated heterocycles. The van der Waals surface area contributed by atoms with Crippen molar-refractivity contribution in [3.8, 4) is 5.75 Å². The lowest BCUT2D eigenvalue weighted by Gasteiger charge is -2.10. The number of carbonyl (C=O) groups excluding carboxylic acids is 1. The Hall–Kier alpha value is -3.59. The van der Waals surface area contributed by atoms with Crippen LogP contribution in [0.25, 0.3) is 10.8 Å². The fraction of sp³-hybridized carbons (Fsp3) is 0.105. The van der Waals surface area contributed by atoms with Gasteiger partial charge in [0, 0.05) is 18.2 Å². The zero-order valence-electron chi connectivity index (χ0n) is 16.9. The SMILES string of the molecule is CCC(=O)Nc1ccc(N=Nc2c(N)ccc3cc(S(=O)(=O)O)cc(O)c23)c(S(=O)(=O)O)c1. The Morgan fingerprint density at radius 3 is 2.30 bits per heavy atom. The maximum atomic E-state index is 11.8. The maximum absolute atomic E-state index is 11.8. The summed E-state index contributed by atoms with van der Waals surface area (Å²) in [7, 11) is -9.37. The molecule has 0 saturated carbocycles. The van der Waals surface area contributed by atoms with Crippen LogP contribution in [0.1, 0.15) is 13.3 Å². The minimum atomic E-state index is -4.77. The van der Waals surface area contributed by atoms with Crippen LogP contribution in [0.5, 0.6) is 5.75 Å². The molecular formula is C19H18N4O8S2. The smallest absolute Gasteiger partial charge is 0.296 e. The zero-order valence-corrected chi connectivity index (χ0v) is 18.6. The highest BCUT2D eigenvalue weighted by Gasteiger charge is 2.19. The minimum Gasteiger partial charge on any atom is -0.507 e. The molecule has 0 aromatic heterocycles. The van der Waals surface area contributed by atoms with Gasteiger partial charge in [0.2, 0.25) is 5.91 Å². The summed E-state index contributed by atoms with van der Waals surface area (Å²) in [5.74, 6) is -0.956. The summed E-state index contributed by atoms with van der Waals surface area (Å²) in [6.07, 6.45) is 0.145. The highest BCUT2D eigenvalue weighted by Crippen LogP contribution is 2.40. The van der Waals surface area contributed by atoms with Crippen molar-refractivity contribution in [3.05, 3.63) is 42.5 Å². The van der Waals surface area contributed by atoms with Crippen LogP contribution in [0.4, 0.5) is 22.7 Å². The van der Waals surface area contributed by atoms with E-state index >= 15 is 0 Å². The third-order valence-electron chi connectivity index (χ3n) is 4.47. The van der Waals surface area contributed by atoms with E-state index < -0.39 is 35.8 Å². The number of amides is 1. The Labute approximate surface area is 188 Å². The second-order valence-corrected chi connectivity index (χ2v) is 9.59. The van der Waals surface area contributed by atoms with Crippen molar-refractivity contribution in [2.24, 2.45) is 10.2 Å². The Morgan fingerprint density at radius 2 is 1.70 bits per heavy atom. The summed E-state index contributed by atoms with van der Waals surface area (Å²) in [4.78, 5) is 10.4. The number of hydrogen-bond donors (Lipinski definition) is 5. The quantitative estimate of drug-likeness (QED) is 0.193. The number of anilines is 2. The van der Waals surface area contributed by atoms with Crippen molar-refractivity contribution in [2.45, 2.75) is 23.1 Å². The lowest BCUT2D eigenvalue weighted by Crippen LogP contribution is -2.10. The Morgan fingerprint density at radius 1 is 1.00 bits per heavy atom. The molecule has 0 spiro atoms. The predicted octanol–water partition coefficient (Wildman–Crippen LogP) is 3.38. The molecule has 1 amide bonds. The number of azo groups is 1. The summed E-state index contributed by atoms with van der Waals surface area (Å²) in [5.41, 5.74) is 5.63. The molecule has 14 heteroatoms. The number of aromatic hydroxyl groups is 1. The number of benzene rings is 3. The molecule has 3 rings (SSSR count). The molecule has 174 valence electrons. The van der Waals surface area contributed by atoms with Gasteiger partial charge in [0.05, 0.1) is 16.0 Å². The molecule has 0 atom stereocenters. The van der Waals surface area contributed by atoms with E-state index in [0.717, 1.165) is 18.2 Å². The highest BCUT2D eigenvalue weighted by atomic mass is 32.2. The van der Waals surface area contributed by atoms with E-state index in [9.17, 15) is 35.8 Å². The van der Waals surface area contributed by atoms with Crippen molar-refractivity contribution < 1.29 is 35.8 Å². The second-order valence-electron chi connectivity index (χ2n) is 6.78. The fourth-order valence-corrected chi connectivity index (χ4v) is 4.09. The number of carbonyl (C=O) groups is 1. The van der Waals surface area contributed by atoms with E-state index in [0.29, 0.717) is 0 Å². The summed E-state index contributed by atoms with van der Waals surface area (Å²) in [6, 6.07) is 8.14. The number of nitrogens with zero attached hydrogens (tertiary/aromatic N) is 2. The minimum absolute atomic E-state index is 0.00798. The topological polar surface area (TPSA) is 209 Å². The molecule has 0 heterocycles. The number of hydrogen-bond acceptors (Lipinski definition) is 9. The van der Waals surface area contributed by atoms with Crippen LogP contribution in [0.2, 0.25) is 0 Å². The molecule has 6 N–H and O–H groups in total. The standard InChI is InChI=1S/C19H18N4O8S2/c1-2-17(25)21-11-4-6-14(16(8-11)33(29,30)31)22-23-19-13(20)5-3-10-7-12(32(26,27)28)9-15(24)18(10)19/h3-9,24H,2,20H2,1H3,(H,21,25)(H,26,27,28)(H,29,30,31). The normalized spacial score (nSPS) is 12.3. The van der Waals surface area contributed by atoms with Gasteiger partial charge in [0.1, 0.15) is 22.0 Å². The highest BCUT2D eigenvalue weighted by molar-refractivity contribution is 7.86. The van der Waals surface area contributed by atoms with Crippen LogP contribution < -0.4 is 11.1 Å². The van der Waals surface area contributed by atoms with Crippen molar-refractivity contribution in [1.29, 1.82) is 0 Å². The van der Waals surface area contributed by atoms with Crippen LogP contribution in [0.3, 0.4) is 0 Å². The Kier molecular flexibility index (Phi) is 6.37. The lowest BCUT2D eigenvalue weighted by atomic mass is 10.1. The van der Waals surface area contributed by atoms with E-state index in [-0.39, 0.29) is 45.8 Å². The number of phenolic OH excluding ortho intramolecular Hbond substituents is 1. The van der Waals surface area contributed by atoms with Gasteiger partial charge in [0.25, 0.3) is 20.2 Å². The lowest BCUT2D eigenvalue weighted by molar-refractivity contribution is -0.115. The van der Waals surface area contributed by atoms with Gasteiger partial charge < -0.3 is 16.2 Å². The summed E-state index contributed by atoms with van der Waals surface area (Å²) in [5, 5.41) is 20.7. The number of nitrogens with two attached hydrogens (primary N) is 1. The van der Waals surface area contributed by atoms with E-state index in [2.05, 4.69) is 15.5 Å². The first-order valence-corrected chi connectivity index (χ1v) is 12.0. The first-order chi connectivity index (χ1) is 15.3. The molecule has 33 heavy (non-hydrogen) atoms. The molecule has 0 aliphatic carbocycles. The first kappa shape index (κ1) is 24.1. The third-order valence-corrected chi connectivity index (χ3v) is 6.19. The molecule has 0 aliphatic heterocycles. The molecule has 3 aromatic rings. The molecular weight excluding hydrogens is 476 g/mol. The van der Waals surface area contributed by atoms with E-state index in [4.69, 9.17) is 5.73 Å². The summed E-state index contributed by atoms with van der Waals surface area (Å²) >= 11 is 0. The van der Waals surface area contributed by atoms with Crippen molar-refractivity contribution in [2.75, 3.05) is 11.1 Å². The number of rotatable bonds is 6. The van der Waals surface area contributed by atoms with Gasteiger partial charge in [-0.25, -0.2) is 0 Å². The van der Waals surface area contributed by atoms with E-state index in [1.54, 1.807) is 6.92 Å². The third kappa shape index (κ3) is 5.25. The monoisotopic (exact) mass is 494 g/mol. The van der Waals surface area contributed by atoms with Crippen LogP contribution in [-0.4, -0.2) is 37.0 Å². The Balaban J connectivity index is 2.16. The van der Waals surface area contributed by atoms with Gasteiger partial charge in [-0.15, -0.1) is 10.2 Å². The van der Waals surface area contributed by atoms with Crippen LogP contribution in [-0.2, 0) is 25.0 Å². The largest absolute Gasteiger partial charge is 0.507 e. The number of fused-ring (bicyclic) bond motifs is 1. The van der Waals surface area contributed by atoms with E-state index in [1.165, 1.54) is 24.3 Å². The number of nitrogens with one attached hydrogen (secondary N) is 1. The van der Waals surface area contributed by atoms with Crippen molar-refractivity contribution >= 4 is 59.7 Å². The maximum Gasteiger partial charge on any atom is 0.296 e. The van der Waals surface area contributed by atoms with Gasteiger partial charge in [-0.2, -0.15) is 16.8 Å². The molecule has 0 radical (unpaired) electrons. The molecule has 3 aromatic carbocycles. The molecule has 0 fully saturated rings. The van der Waals surface area contributed by atoms with Crippen molar-refractivity contribution in [1.82, 2.24) is 0 Å². The number of phenols is 1. The van der Waals surface area contributed by atoms with Gasteiger partial charge in [0.15, 0.2) is 0 Å². The molecule has 0 bridgehead atoms.